The van der Waals surface area contributed by atoms with E-state index in [1.165, 1.54) is 0 Å². The zero-order valence-electron chi connectivity index (χ0n) is 23.2. The van der Waals surface area contributed by atoms with Gasteiger partial charge >= 0.3 is 11.9 Å². The first-order valence-electron chi connectivity index (χ1n) is 12.7. The van der Waals surface area contributed by atoms with E-state index in [-0.39, 0.29) is 33.5 Å². The van der Waals surface area contributed by atoms with Gasteiger partial charge in [0, 0.05) is 11.1 Å². The lowest BCUT2D eigenvalue weighted by Gasteiger charge is -2.25. The first-order chi connectivity index (χ1) is 16.7. The van der Waals surface area contributed by atoms with Crippen LogP contribution < -0.4 is 0 Å². The van der Waals surface area contributed by atoms with Gasteiger partial charge < -0.3 is 19.7 Å². The Morgan fingerprint density at radius 1 is 0.694 bits per heavy atom. The second kappa shape index (κ2) is 13.9. The Bertz CT molecular complexity index is 915. The van der Waals surface area contributed by atoms with E-state index in [1.807, 2.05) is 55.4 Å². The predicted octanol–water partition coefficient (Wildman–Crippen LogP) is 7.29. The van der Waals surface area contributed by atoms with E-state index in [1.54, 1.807) is 36.4 Å². The van der Waals surface area contributed by atoms with Gasteiger partial charge in [-0.3, -0.25) is 0 Å². The number of carbonyl (C=O) groups excluding carboxylic acids is 2. The highest BCUT2D eigenvalue weighted by atomic mass is 16.5. The van der Waals surface area contributed by atoms with Crippen LogP contribution in [0, 0.1) is 0 Å². The number of phenols is 2. The first-order valence-corrected chi connectivity index (χ1v) is 12.7. The van der Waals surface area contributed by atoms with Crippen LogP contribution in [0.5, 0.6) is 11.5 Å². The Morgan fingerprint density at radius 2 is 1.03 bits per heavy atom. The topological polar surface area (TPSA) is 93.1 Å². The van der Waals surface area contributed by atoms with Gasteiger partial charge in [0.05, 0.1) is 24.3 Å². The van der Waals surface area contributed by atoms with Gasteiger partial charge in [-0.2, -0.15) is 0 Å². The van der Waals surface area contributed by atoms with Gasteiger partial charge in [-0.15, -0.1) is 0 Å². The van der Waals surface area contributed by atoms with Gasteiger partial charge in [-0.25, -0.2) is 9.59 Å². The summed E-state index contributed by atoms with van der Waals surface area (Å²) in [6.07, 6.45) is 3.53. The molecule has 0 saturated carbocycles. The van der Waals surface area contributed by atoms with Crippen LogP contribution in [0.25, 0.3) is 0 Å². The number of ether oxygens (including phenoxy) is 2. The minimum atomic E-state index is -0.471. The number of carbonyl (C=O) groups is 2. The third-order valence-corrected chi connectivity index (χ3v) is 5.56. The van der Waals surface area contributed by atoms with Crippen molar-refractivity contribution in [3.8, 4) is 11.5 Å². The average molecular weight is 501 g/mol. The molecule has 0 radical (unpaired) electrons. The molecule has 0 fully saturated rings. The van der Waals surface area contributed by atoms with Gasteiger partial charge in [0.15, 0.2) is 0 Å². The number of unbranched alkanes of at least 4 members (excludes halogenated alkanes) is 2. The van der Waals surface area contributed by atoms with Gasteiger partial charge in [-0.1, -0.05) is 80.4 Å². The van der Waals surface area contributed by atoms with Crippen LogP contribution in [0.1, 0.15) is 113 Å². The van der Waals surface area contributed by atoms with Crippen molar-refractivity contribution in [3.63, 3.8) is 0 Å². The molecule has 0 spiro atoms. The number of phenolic OH excluding ortho intramolecular Hbond substituents is 2. The zero-order chi connectivity index (χ0) is 27.5. The molecule has 0 aliphatic carbocycles. The Labute approximate surface area is 216 Å². The summed E-state index contributed by atoms with van der Waals surface area (Å²) in [7, 11) is 0. The Balaban J connectivity index is 0.000000369. The molecule has 0 aromatic heterocycles. The number of aromatic hydroxyl groups is 2. The predicted molar refractivity (Wildman–Crippen MR) is 144 cm³/mol. The van der Waals surface area contributed by atoms with Crippen molar-refractivity contribution < 1.29 is 29.3 Å². The highest BCUT2D eigenvalue weighted by Crippen LogP contribution is 2.39. The van der Waals surface area contributed by atoms with E-state index in [9.17, 15) is 19.8 Å². The van der Waals surface area contributed by atoms with Crippen molar-refractivity contribution in [2.45, 2.75) is 91.9 Å². The van der Waals surface area contributed by atoms with Gasteiger partial charge in [0.1, 0.15) is 11.5 Å². The summed E-state index contributed by atoms with van der Waals surface area (Å²) in [6, 6.07) is 9.94. The Morgan fingerprint density at radius 3 is 1.31 bits per heavy atom. The molecule has 6 nitrogen and oxygen atoms in total. The van der Waals surface area contributed by atoms with E-state index in [4.69, 9.17) is 9.47 Å². The van der Waals surface area contributed by atoms with Crippen molar-refractivity contribution in [1.29, 1.82) is 0 Å². The second-order valence-electron chi connectivity index (χ2n) is 10.9. The third-order valence-electron chi connectivity index (χ3n) is 5.56. The fraction of sp³-hybridized carbons (Fsp3) is 0.533. The summed E-state index contributed by atoms with van der Waals surface area (Å²) in [5.74, 6) is -0.423. The van der Waals surface area contributed by atoms with Crippen molar-refractivity contribution in [2.75, 3.05) is 13.2 Å². The minimum absolute atomic E-state index is 0.169. The molecule has 2 rings (SSSR count). The number of rotatable bonds is 8. The number of hydrogen-bond donors (Lipinski definition) is 2. The molecular formula is C30H44O6. The van der Waals surface area contributed by atoms with E-state index >= 15 is 0 Å². The highest BCUT2D eigenvalue weighted by molar-refractivity contribution is 6.03. The molecule has 0 unspecified atom stereocenters. The molecule has 2 aromatic rings. The lowest BCUT2D eigenvalue weighted by molar-refractivity contribution is 0.0452. The van der Waals surface area contributed by atoms with Gasteiger partial charge in [-0.05, 0) is 47.9 Å². The van der Waals surface area contributed by atoms with E-state index < -0.39 is 11.9 Å². The molecular weight excluding hydrogens is 456 g/mol. The lowest BCUT2D eigenvalue weighted by Crippen LogP contribution is -2.15. The van der Waals surface area contributed by atoms with Crippen LogP contribution in [0.4, 0.5) is 0 Å². The molecule has 0 aliphatic heterocycles. The fourth-order valence-electron chi connectivity index (χ4n) is 3.39. The molecule has 0 heterocycles. The van der Waals surface area contributed by atoms with E-state index in [0.717, 1.165) is 36.8 Å². The maximum Gasteiger partial charge on any atom is 0.339 e. The standard InChI is InChI=1S/C16H22O4.C14H22O2/c1-3-5-11-19-15(17)13-9-7-8-10-14(13)16(18)20-12-6-4-2;1-13(2,3)9-7-12(16)10(8-11(9)15)14(4,5)6/h7-10H,3-6,11-12H2,1-2H3;7-8,15-16H,1-6H3. The number of hydrogen-bond acceptors (Lipinski definition) is 6. The summed E-state index contributed by atoms with van der Waals surface area (Å²) >= 11 is 0. The van der Waals surface area contributed by atoms with E-state index in [2.05, 4.69) is 0 Å². The molecule has 0 atom stereocenters. The largest absolute Gasteiger partial charge is 0.508 e. The summed E-state index contributed by atoms with van der Waals surface area (Å²) in [4.78, 5) is 23.9. The van der Waals surface area contributed by atoms with Crippen LogP contribution in [0.15, 0.2) is 36.4 Å². The highest BCUT2D eigenvalue weighted by Gasteiger charge is 2.24. The summed E-state index contributed by atoms with van der Waals surface area (Å²) in [5.41, 5.74) is 1.75. The molecule has 2 N–H and O–H groups in total. The van der Waals surface area contributed by atoms with Crippen LogP contribution >= 0.6 is 0 Å². The zero-order valence-corrected chi connectivity index (χ0v) is 23.2. The summed E-state index contributed by atoms with van der Waals surface area (Å²) in [5, 5.41) is 20.0. The first kappa shape index (κ1) is 31.0. The summed E-state index contributed by atoms with van der Waals surface area (Å²) in [6.45, 7) is 16.9. The number of benzene rings is 2. The van der Waals surface area contributed by atoms with Crippen LogP contribution in [0.3, 0.4) is 0 Å². The molecule has 0 saturated heterocycles. The molecule has 0 amide bonds. The molecule has 0 aliphatic rings. The SMILES string of the molecule is CC(C)(C)c1cc(O)c(C(C)(C)C)cc1O.CCCCOC(=O)c1ccccc1C(=O)OCCCC. The van der Waals surface area contributed by atoms with Gasteiger partial charge in [0.2, 0.25) is 0 Å². The van der Waals surface area contributed by atoms with Crippen LogP contribution in [-0.2, 0) is 20.3 Å². The smallest absolute Gasteiger partial charge is 0.339 e. The summed E-state index contributed by atoms with van der Waals surface area (Å²) < 4.78 is 10.3. The monoisotopic (exact) mass is 500 g/mol. The molecule has 6 heteroatoms. The quantitative estimate of drug-likeness (QED) is 0.224. The molecule has 36 heavy (non-hydrogen) atoms. The Kier molecular flexibility index (Phi) is 12.0. The van der Waals surface area contributed by atoms with Crippen molar-refractivity contribution >= 4 is 11.9 Å². The van der Waals surface area contributed by atoms with Crippen LogP contribution in [0.2, 0.25) is 0 Å². The van der Waals surface area contributed by atoms with Crippen molar-refractivity contribution in [3.05, 3.63) is 58.7 Å². The van der Waals surface area contributed by atoms with Crippen molar-refractivity contribution in [2.24, 2.45) is 0 Å². The normalized spacial score (nSPS) is 11.3. The second-order valence-corrected chi connectivity index (χ2v) is 10.9. The molecule has 200 valence electrons. The van der Waals surface area contributed by atoms with Crippen molar-refractivity contribution in [1.82, 2.24) is 0 Å². The molecule has 0 bridgehead atoms. The number of esters is 2. The van der Waals surface area contributed by atoms with E-state index in [0.29, 0.717) is 13.2 Å². The maximum absolute atomic E-state index is 11.9. The lowest BCUT2D eigenvalue weighted by atomic mass is 9.81. The Hall–Kier alpha value is -3.02. The fourth-order valence-corrected chi connectivity index (χ4v) is 3.39. The average Bonchev–Trinajstić information content (AvgIpc) is 2.79. The molecule has 2 aromatic carbocycles. The van der Waals surface area contributed by atoms with Gasteiger partial charge in [0.25, 0.3) is 0 Å². The maximum atomic E-state index is 11.9. The minimum Gasteiger partial charge on any atom is -0.508 e. The van der Waals surface area contributed by atoms with Crippen LogP contribution in [-0.4, -0.2) is 35.4 Å². The third kappa shape index (κ3) is 9.56.